The van der Waals surface area contributed by atoms with E-state index in [1.807, 2.05) is 19.9 Å². The quantitative estimate of drug-likeness (QED) is 0.712. The number of nitrogens with zero attached hydrogens (tertiary/aromatic N) is 1. The molecule has 2 heterocycles. The van der Waals surface area contributed by atoms with Crippen molar-refractivity contribution in [3.05, 3.63) is 70.8 Å². The molecule has 0 amide bonds. The Morgan fingerprint density at radius 1 is 1.00 bits per heavy atom. The van der Waals surface area contributed by atoms with Crippen molar-refractivity contribution in [1.82, 2.24) is 10.2 Å². The Kier molecular flexibility index (Phi) is 8.81. The first-order valence-corrected chi connectivity index (χ1v) is 11.5. The summed E-state index contributed by atoms with van der Waals surface area (Å²) in [6.07, 6.45) is 3.29. The predicted octanol–water partition coefficient (Wildman–Crippen LogP) is 5.50. The third-order valence-electron chi connectivity index (χ3n) is 6.23. The van der Waals surface area contributed by atoms with Gasteiger partial charge in [0, 0.05) is 18.1 Å². The van der Waals surface area contributed by atoms with Gasteiger partial charge >= 0.3 is 0 Å². The van der Waals surface area contributed by atoms with Crippen LogP contribution >= 0.6 is 0 Å². The Hall–Kier alpha value is -1.97. The summed E-state index contributed by atoms with van der Waals surface area (Å²) < 4.78 is 0. The van der Waals surface area contributed by atoms with Crippen LogP contribution in [0.2, 0.25) is 0 Å². The average molecular weight is 409 g/mol. The number of fused-ring (bicyclic) bond motifs is 2. The molecule has 3 nitrogen and oxygen atoms in total. The summed E-state index contributed by atoms with van der Waals surface area (Å²) in [5.41, 5.74) is 5.55. The van der Waals surface area contributed by atoms with Gasteiger partial charge in [-0.25, -0.2) is 0 Å². The van der Waals surface area contributed by atoms with E-state index in [1.54, 1.807) is 12.5 Å². The predicted molar refractivity (Wildman–Crippen MR) is 128 cm³/mol. The molecule has 2 unspecified atom stereocenters. The topological polar surface area (TPSA) is 32.3 Å². The van der Waals surface area contributed by atoms with E-state index in [0.717, 1.165) is 19.0 Å². The Balaban J connectivity index is 0.000000199. The molecular weight excluding hydrogens is 368 g/mol. The zero-order valence-electron chi connectivity index (χ0n) is 20.0. The molecule has 0 aromatic heterocycles. The SMILES string of the molecule is CC.CC(=O)C1Cc2ccccc2C(C)(C)N1.CCC1Cc2ccccc2CN1C. The molecule has 2 atom stereocenters. The molecule has 2 aromatic carbocycles. The molecule has 4 rings (SSSR count). The Morgan fingerprint density at radius 2 is 1.57 bits per heavy atom. The zero-order chi connectivity index (χ0) is 22.3. The number of hydrogen-bond acceptors (Lipinski definition) is 3. The van der Waals surface area contributed by atoms with Gasteiger partial charge in [0.25, 0.3) is 0 Å². The smallest absolute Gasteiger partial charge is 0.147 e. The Morgan fingerprint density at radius 3 is 2.17 bits per heavy atom. The number of ketones is 1. The lowest BCUT2D eigenvalue weighted by Crippen LogP contribution is -2.52. The van der Waals surface area contributed by atoms with Gasteiger partial charge in [0.2, 0.25) is 0 Å². The fourth-order valence-electron chi connectivity index (χ4n) is 4.51. The van der Waals surface area contributed by atoms with Gasteiger partial charge in [-0.15, -0.1) is 0 Å². The van der Waals surface area contributed by atoms with Crippen LogP contribution in [0.5, 0.6) is 0 Å². The average Bonchev–Trinajstić information content (AvgIpc) is 2.74. The lowest BCUT2D eigenvalue weighted by atomic mass is 9.82. The Labute approximate surface area is 183 Å². The van der Waals surface area contributed by atoms with Crippen LogP contribution in [0.3, 0.4) is 0 Å². The molecule has 0 radical (unpaired) electrons. The van der Waals surface area contributed by atoms with Crippen molar-refractivity contribution in [3.8, 4) is 0 Å². The van der Waals surface area contributed by atoms with Gasteiger partial charge in [0.1, 0.15) is 5.78 Å². The number of rotatable bonds is 2. The van der Waals surface area contributed by atoms with E-state index in [1.165, 1.54) is 29.5 Å². The Bertz CT molecular complexity index is 827. The van der Waals surface area contributed by atoms with Gasteiger partial charge in [-0.3, -0.25) is 15.0 Å². The lowest BCUT2D eigenvalue weighted by molar-refractivity contribution is -0.119. The molecule has 2 aromatic rings. The molecule has 2 aliphatic rings. The number of benzene rings is 2. The van der Waals surface area contributed by atoms with Crippen molar-refractivity contribution in [2.45, 2.75) is 85.0 Å². The fourth-order valence-corrected chi connectivity index (χ4v) is 4.51. The van der Waals surface area contributed by atoms with Gasteiger partial charge < -0.3 is 0 Å². The van der Waals surface area contributed by atoms with Crippen LogP contribution in [0.25, 0.3) is 0 Å². The van der Waals surface area contributed by atoms with Crippen LogP contribution in [0.1, 0.15) is 70.2 Å². The molecular formula is C27H40N2O. The van der Waals surface area contributed by atoms with Gasteiger partial charge in [0.05, 0.1) is 6.04 Å². The first-order valence-electron chi connectivity index (χ1n) is 11.5. The highest BCUT2D eigenvalue weighted by molar-refractivity contribution is 5.82. The van der Waals surface area contributed by atoms with E-state index in [4.69, 9.17) is 0 Å². The summed E-state index contributed by atoms with van der Waals surface area (Å²) in [6.45, 7) is 13.3. The number of carbonyl (C=O) groups excluding carboxylic acids is 1. The number of likely N-dealkylation sites (N-methyl/N-ethyl adjacent to an activating group) is 1. The van der Waals surface area contributed by atoms with E-state index in [-0.39, 0.29) is 17.4 Å². The molecule has 0 saturated carbocycles. The van der Waals surface area contributed by atoms with Crippen LogP contribution in [0.4, 0.5) is 0 Å². The molecule has 164 valence electrons. The molecule has 1 N–H and O–H groups in total. The molecule has 2 aliphatic heterocycles. The number of Topliss-reactive ketones (excluding diaryl/α,β-unsaturated/α-hetero) is 1. The maximum atomic E-state index is 11.4. The number of nitrogens with one attached hydrogen (secondary N) is 1. The summed E-state index contributed by atoms with van der Waals surface area (Å²) in [7, 11) is 2.23. The summed E-state index contributed by atoms with van der Waals surface area (Å²) in [5.74, 6) is 0.220. The van der Waals surface area contributed by atoms with Gasteiger partial charge in [-0.1, -0.05) is 69.3 Å². The summed E-state index contributed by atoms with van der Waals surface area (Å²) >= 11 is 0. The second-order valence-corrected chi connectivity index (χ2v) is 8.74. The van der Waals surface area contributed by atoms with Crippen molar-refractivity contribution in [3.63, 3.8) is 0 Å². The van der Waals surface area contributed by atoms with Crippen LogP contribution in [0, 0.1) is 0 Å². The van der Waals surface area contributed by atoms with Crippen LogP contribution in [0.15, 0.2) is 48.5 Å². The van der Waals surface area contributed by atoms with Crippen LogP contribution in [-0.4, -0.2) is 29.8 Å². The normalized spacial score (nSPS) is 21.7. The minimum absolute atomic E-state index is 0.0325. The molecule has 0 aliphatic carbocycles. The van der Waals surface area contributed by atoms with Gasteiger partial charge in [-0.05, 0) is 69.3 Å². The summed E-state index contributed by atoms with van der Waals surface area (Å²) in [4.78, 5) is 13.9. The van der Waals surface area contributed by atoms with E-state index < -0.39 is 0 Å². The second kappa shape index (κ2) is 10.9. The van der Waals surface area contributed by atoms with E-state index in [2.05, 4.69) is 80.5 Å². The highest BCUT2D eigenvalue weighted by atomic mass is 16.1. The fraction of sp³-hybridized carbons (Fsp3) is 0.519. The van der Waals surface area contributed by atoms with Crippen LogP contribution < -0.4 is 5.32 Å². The first-order chi connectivity index (χ1) is 14.3. The maximum Gasteiger partial charge on any atom is 0.147 e. The highest BCUT2D eigenvalue weighted by Crippen LogP contribution is 2.30. The molecule has 0 bridgehead atoms. The van der Waals surface area contributed by atoms with E-state index in [0.29, 0.717) is 0 Å². The first kappa shape index (κ1) is 24.3. The maximum absolute atomic E-state index is 11.4. The third kappa shape index (κ3) is 5.80. The van der Waals surface area contributed by atoms with Gasteiger partial charge in [0.15, 0.2) is 0 Å². The van der Waals surface area contributed by atoms with Crippen molar-refractivity contribution < 1.29 is 4.79 Å². The summed E-state index contributed by atoms with van der Waals surface area (Å²) in [5, 5.41) is 3.40. The third-order valence-corrected chi connectivity index (χ3v) is 6.23. The molecule has 30 heavy (non-hydrogen) atoms. The van der Waals surface area contributed by atoms with Gasteiger partial charge in [-0.2, -0.15) is 0 Å². The number of carbonyl (C=O) groups is 1. The lowest BCUT2D eigenvalue weighted by Gasteiger charge is -2.38. The minimum atomic E-state index is -0.106. The molecule has 0 saturated heterocycles. The molecule has 0 fully saturated rings. The summed E-state index contributed by atoms with van der Waals surface area (Å²) in [6, 6.07) is 17.9. The second-order valence-electron chi connectivity index (χ2n) is 8.74. The standard InChI is InChI=1S/C13H17NO.C12H17N.C2H6/c1-9(15)12-8-10-6-4-5-7-11(10)13(2,3)14-12;1-3-12-8-10-6-4-5-7-11(10)9-13(12)2;1-2/h4-7,12,14H,8H2,1-3H3;4-7,12H,3,8-9H2,1-2H3;1-2H3. The zero-order valence-corrected chi connectivity index (χ0v) is 20.0. The minimum Gasteiger partial charge on any atom is -0.299 e. The van der Waals surface area contributed by atoms with Crippen molar-refractivity contribution >= 4 is 5.78 Å². The largest absolute Gasteiger partial charge is 0.299 e. The molecule has 0 spiro atoms. The van der Waals surface area contributed by atoms with Crippen molar-refractivity contribution in [1.29, 1.82) is 0 Å². The number of hydrogen-bond donors (Lipinski definition) is 1. The van der Waals surface area contributed by atoms with E-state index in [9.17, 15) is 4.79 Å². The van der Waals surface area contributed by atoms with Crippen molar-refractivity contribution in [2.75, 3.05) is 7.05 Å². The highest BCUT2D eigenvalue weighted by Gasteiger charge is 2.33. The van der Waals surface area contributed by atoms with Crippen molar-refractivity contribution in [2.24, 2.45) is 0 Å². The molecule has 3 heteroatoms. The van der Waals surface area contributed by atoms with Crippen LogP contribution in [-0.2, 0) is 29.7 Å². The monoisotopic (exact) mass is 408 g/mol. The van der Waals surface area contributed by atoms with E-state index >= 15 is 0 Å².